The van der Waals surface area contributed by atoms with E-state index in [0.29, 0.717) is 18.4 Å². The highest BCUT2D eigenvalue weighted by Crippen LogP contribution is 2.40. The fraction of sp³-hybridized carbons (Fsp3) is 0.625. The molecule has 2 aliphatic rings. The number of anilines is 1. The van der Waals surface area contributed by atoms with Crippen LogP contribution in [0.2, 0.25) is 0 Å². The lowest BCUT2D eigenvalue weighted by atomic mass is 9.97. The van der Waals surface area contributed by atoms with Gasteiger partial charge in [-0.1, -0.05) is 0 Å². The Kier molecular flexibility index (Phi) is 4.49. The smallest absolute Gasteiger partial charge is 0.280 e. The molecule has 9 heteroatoms. The lowest BCUT2D eigenvalue weighted by molar-refractivity contribution is 0.145. The van der Waals surface area contributed by atoms with E-state index in [9.17, 15) is 13.6 Å². The number of alkyl halides is 2. The summed E-state index contributed by atoms with van der Waals surface area (Å²) in [6.45, 7) is 2.27. The molecule has 0 unspecified atom stereocenters. The van der Waals surface area contributed by atoms with Crippen molar-refractivity contribution in [3.05, 3.63) is 34.3 Å². The monoisotopic (exact) mass is 367 g/mol. The lowest BCUT2D eigenvalue weighted by Gasteiger charge is -2.31. The van der Waals surface area contributed by atoms with E-state index in [1.54, 1.807) is 0 Å². The molecule has 1 saturated heterocycles. The van der Waals surface area contributed by atoms with Crippen LogP contribution in [0, 0.1) is 5.92 Å². The normalized spacial score (nSPS) is 18.9. The average Bonchev–Trinajstić information content (AvgIpc) is 3.34. The van der Waals surface area contributed by atoms with Gasteiger partial charge in [0, 0.05) is 43.2 Å². The minimum absolute atomic E-state index is 0.337. The van der Waals surface area contributed by atoms with E-state index in [4.69, 9.17) is 0 Å². The summed E-state index contributed by atoms with van der Waals surface area (Å²) in [5.41, 5.74) is -0.871. The predicted octanol–water partition coefficient (Wildman–Crippen LogP) is 2.83. The molecule has 134 valence electrons. The van der Waals surface area contributed by atoms with Crippen LogP contribution in [0.4, 0.5) is 13.9 Å². The fourth-order valence-corrected chi connectivity index (χ4v) is 3.94. The zero-order chi connectivity index (χ0) is 17.4. The van der Waals surface area contributed by atoms with Crippen LogP contribution in [0.25, 0.3) is 0 Å². The first kappa shape index (κ1) is 16.6. The Morgan fingerprint density at radius 1 is 1.24 bits per heavy atom. The molecule has 3 heterocycles. The second-order valence-electron chi connectivity index (χ2n) is 6.74. The summed E-state index contributed by atoms with van der Waals surface area (Å²) in [6.07, 6.45) is 2.79. The van der Waals surface area contributed by atoms with Gasteiger partial charge in [-0.3, -0.25) is 9.36 Å². The zero-order valence-electron chi connectivity index (χ0n) is 13.6. The maximum Gasteiger partial charge on any atom is 0.280 e. The van der Waals surface area contributed by atoms with Crippen molar-refractivity contribution in [3.63, 3.8) is 0 Å². The predicted molar refractivity (Wildman–Crippen MR) is 90.3 cm³/mol. The topological polar surface area (TPSA) is 63.9 Å². The highest BCUT2D eigenvalue weighted by molar-refractivity contribution is 7.09. The number of aromatic nitrogens is 4. The molecule has 6 nitrogen and oxygen atoms in total. The Bertz CT molecular complexity index is 796. The van der Waals surface area contributed by atoms with Crippen LogP contribution >= 0.6 is 11.5 Å². The molecule has 1 aliphatic carbocycles. The summed E-state index contributed by atoms with van der Waals surface area (Å²) in [4.78, 5) is 22.5. The second kappa shape index (κ2) is 6.78. The quantitative estimate of drug-likeness (QED) is 0.813. The highest BCUT2D eigenvalue weighted by Gasteiger charge is 2.29. The highest BCUT2D eigenvalue weighted by atomic mass is 32.1. The van der Waals surface area contributed by atoms with E-state index >= 15 is 0 Å². The minimum atomic E-state index is -2.71. The molecule has 1 aliphatic heterocycles. The SMILES string of the molecule is O=c1cc(C(F)F)ncn1CC1CCN(c2nc(C3CC3)ns2)CC1. The van der Waals surface area contributed by atoms with Crippen LogP contribution in [0.3, 0.4) is 0 Å². The summed E-state index contributed by atoms with van der Waals surface area (Å²) in [7, 11) is 0. The third-order valence-corrected chi connectivity index (χ3v) is 5.63. The van der Waals surface area contributed by atoms with Gasteiger partial charge in [-0.2, -0.15) is 4.37 Å². The molecular weight excluding hydrogens is 348 g/mol. The molecule has 0 N–H and O–H groups in total. The van der Waals surface area contributed by atoms with Crippen LogP contribution in [0.15, 0.2) is 17.2 Å². The summed E-state index contributed by atoms with van der Waals surface area (Å²) >= 11 is 1.46. The van der Waals surface area contributed by atoms with E-state index in [2.05, 4.69) is 19.2 Å². The number of rotatable bonds is 5. The maximum absolute atomic E-state index is 12.6. The summed E-state index contributed by atoms with van der Waals surface area (Å²) in [6, 6.07) is 0.931. The van der Waals surface area contributed by atoms with Crippen molar-refractivity contribution in [2.24, 2.45) is 5.92 Å². The molecule has 0 bridgehead atoms. The van der Waals surface area contributed by atoms with Crippen molar-refractivity contribution in [1.82, 2.24) is 18.9 Å². The van der Waals surface area contributed by atoms with E-state index in [1.165, 1.54) is 35.3 Å². The van der Waals surface area contributed by atoms with E-state index in [1.807, 2.05) is 0 Å². The number of halogens is 2. The van der Waals surface area contributed by atoms with Gasteiger partial charge in [-0.05, 0) is 31.6 Å². The number of piperidine rings is 1. The largest absolute Gasteiger partial charge is 0.347 e. The van der Waals surface area contributed by atoms with Gasteiger partial charge < -0.3 is 4.90 Å². The molecule has 4 rings (SSSR count). The van der Waals surface area contributed by atoms with Gasteiger partial charge in [-0.15, -0.1) is 0 Å². The van der Waals surface area contributed by atoms with Crippen molar-refractivity contribution >= 4 is 16.7 Å². The van der Waals surface area contributed by atoms with Crippen molar-refractivity contribution < 1.29 is 8.78 Å². The molecular formula is C16H19F2N5OS. The van der Waals surface area contributed by atoms with Crippen LogP contribution < -0.4 is 10.5 Å². The Balaban J connectivity index is 1.34. The fourth-order valence-electron chi connectivity index (χ4n) is 3.14. The molecule has 2 aromatic heterocycles. The zero-order valence-corrected chi connectivity index (χ0v) is 14.5. The molecule has 0 amide bonds. The van der Waals surface area contributed by atoms with E-state index in [-0.39, 0.29) is 0 Å². The van der Waals surface area contributed by atoms with Crippen LogP contribution in [-0.4, -0.2) is 32.0 Å². The van der Waals surface area contributed by atoms with Crippen molar-refractivity contribution in [1.29, 1.82) is 0 Å². The molecule has 2 aromatic rings. The Labute approximate surface area is 147 Å². The molecule has 0 radical (unpaired) electrons. The Morgan fingerprint density at radius 3 is 2.64 bits per heavy atom. The summed E-state index contributed by atoms with van der Waals surface area (Å²) < 4.78 is 31.0. The number of hydrogen-bond donors (Lipinski definition) is 0. The molecule has 0 spiro atoms. The summed E-state index contributed by atoms with van der Waals surface area (Å²) in [5.74, 6) is 1.89. The standard InChI is InChI=1S/C16H19F2N5OS/c17-14(18)12-7-13(24)23(9-19-12)8-10-3-5-22(6-4-10)16-20-15(21-25-16)11-1-2-11/h7,9-11,14H,1-6,8H2. The Hall–Kier alpha value is -1.90. The van der Waals surface area contributed by atoms with E-state index in [0.717, 1.165) is 43.0 Å². The van der Waals surface area contributed by atoms with Crippen molar-refractivity contribution in [2.75, 3.05) is 18.0 Å². The van der Waals surface area contributed by atoms with Crippen molar-refractivity contribution in [2.45, 2.75) is 44.6 Å². The first-order valence-corrected chi connectivity index (χ1v) is 9.30. The first-order chi connectivity index (χ1) is 12.1. The van der Waals surface area contributed by atoms with Gasteiger partial charge in [0.05, 0.1) is 6.33 Å². The second-order valence-corrected chi connectivity index (χ2v) is 7.48. The van der Waals surface area contributed by atoms with Gasteiger partial charge in [0.1, 0.15) is 11.5 Å². The maximum atomic E-state index is 12.6. The Morgan fingerprint density at radius 2 is 2.00 bits per heavy atom. The molecule has 0 aromatic carbocycles. The van der Waals surface area contributed by atoms with Crippen LogP contribution in [-0.2, 0) is 6.54 Å². The molecule has 0 atom stereocenters. The lowest BCUT2D eigenvalue weighted by Crippen LogP contribution is -2.36. The number of hydrogen-bond acceptors (Lipinski definition) is 6. The molecule has 1 saturated carbocycles. The molecule has 2 fully saturated rings. The van der Waals surface area contributed by atoms with Gasteiger partial charge in [0.2, 0.25) is 5.13 Å². The van der Waals surface area contributed by atoms with E-state index < -0.39 is 17.7 Å². The third kappa shape index (κ3) is 3.70. The molecule has 25 heavy (non-hydrogen) atoms. The average molecular weight is 367 g/mol. The van der Waals surface area contributed by atoms with Gasteiger partial charge in [-0.25, -0.2) is 18.7 Å². The van der Waals surface area contributed by atoms with Gasteiger partial charge in [0.25, 0.3) is 12.0 Å². The van der Waals surface area contributed by atoms with Gasteiger partial charge >= 0.3 is 0 Å². The summed E-state index contributed by atoms with van der Waals surface area (Å²) in [5, 5.41) is 0.987. The van der Waals surface area contributed by atoms with Crippen LogP contribution in [0.1, 0.15) is 49.5 Å². The number of nitrogens with zero attached hydrogens (tertiary/aromatic N) is 5. The van der Waals surface area contributed by atoms with Crippen LogP contribution in [0.5, 0.6) is 0 Å². The third-order valence-electron chi connectivity index (χ3n) is 4.84. The minimum Gasteiger partial charge on any atom is -0.347 e. The first-order valence-electron chi connectivity index (χ1n) is 8.53. The van der Waals surface area contributed by atoms with Crippen molar-refractivity contribution in [3.8, 4) is 0 Å². The van der Waals surface area contributed by atoms with Gasteiger partial charge in [0.15, 0.2) is 0 Å².